The molecule has 0 radical (unpaired) electrons. The van der Waals surface area contributed by atoms with Crippen molar-refractivity contribution in [3.05, 3.63) is 69.5 Å². The summed E-state index contributed by atoms with van der Waals surface area (Å²) in [5.41, 5.74) is 8.27. The zero-order chi connectivity index (χ0) is 26.2. The highest BCUT2D eigenvalue weighted by molar-refractivity contribution is 9.10. The molecule has 0 saturated carbocycles. The van der Waals surface area contributed by atoms with Gasteiger partial charge in [0.15, 0.2) is 0 Å². The number of aliphatic hydroxyl groups excluding tert-OH is 3. The summed E-state index contributed by atoms with van der Waals surface area (Å²) in [5.74, 6) is 7.26. The molecule has 7 N–H and O–H groups in total. The van der Waals surface area contributed by atoms with Gasteiger partial charge in [-0.3, -0.25) is 0 Å². The van der Waals surface area contributed by atoms with Gasteiger partial charge in [0.1, 0.15) is 36.9 Å². The van der Waals surface area contributed by atoms with Crippen LogP contribution in [0.25, 0.3) is 0 Å². The lowest BCUT2D eigenvalue weighted by molar-refractivity contribution is 0.0779. The summed E-state index contributed by atoms with van der Waals surface area (Å²) in [6.45, 7) is 5.89. The Labute approximate surface area is 220 Å². The molecule has 2 unspecified atom stereocenters. The molecule has 8 nitrogen and oxygen atoms in total. The smallest absolute Gasteiger partial charge is 0.133 e. The van der Waals surface area contributed by atoms with Gasteiger partial charge in [-0.25, -0.2) is 5.84 Å². The molecule has 0 fully saturated rings. The van der Waals surface area contributed by atoms with Gasteiger partial charge < -0.3 is 35.5 Å². The van der Waals surface area contributed by atoms with Gasteiger partial charge >= 0.3 is 0 Å². The normalized spacial score (nSPS) is 14.2. The molecule has 0 aliphatic carbocycles. The second-order valence-corrected chi connectivity index (χ2v) is 9.96. The van der Waals surface area contributed by atoms with Crippen molar-refractivity contribution >= 4 is 27.5 Å². The van der Waals surface area contributed by atoms with E-state index in [0.717, 1.165) is 15.6 Å². The van der Waals surface area contributed by atoms with Crippen LogP contribution in [0.15, 0.2) is 58.3 Å². The molecule has 2 aromatic carbocycles. The first-order valence-electron chi connectivity index (χ1n) is 11.2. The zero-order valence-corrected chi connectivity index (χ0v) is 22.6. The topological polar surface area (TPSA) is 134 Å². The summed E-state index contributed by atoms with van der Waals surface area (Å²) in [5, 5.41) is 30.2. The maximum Gasteiger partial charge on any atom is 0.133 e. The van der Waals surface area contributed by atoms with Crippen molar-refractivity contribution in [2.24, 2.45) is 11.6 Å². The van der Waals surface area contributed by atoms with E-state index in [1.54, 1.807) is 6.92 Å². The van der Waals surface area contributed by atoms with Crippen molar-refractivity contribution in [3.63, 3.8) is 0 Å². The first kappa shape index (κ1) is 29.2. The fraction of sp³-hybridized carbons (Fsp3) is 0.440. The van der Waals surface area contributed by atoms with Crippen LogP contribution < -0.4 is 21.1 Å². The standard InChI is InChI=1S/C25H35BrClN3O5/c1-16(23(28)13-31)30(29)12-20(33)15-34-21-7-4-17(5-8-21)25(2,3)18-6-9-24(22(26)10-18)35-14-19(32)11-27/h4-10,19-20,31-33H,11-15,28-29H2,1-3H3/b23-16-. The molecule has 2 aromatic rings. The summed E-state index contributed by atoms with van der Waals surface area (Å²) in [4.78, 5) is 0. The third kappa shape index (κ3) is 8.27. The van der Waals surface area contributed by atoms with E-state index in [1.807, 2.05) is 42.5 Å². The number of alkyl halides is 1. The second kappa shape index (κ2) is 13.3. The molecule has 2 rings (SSSR count). The number of benzene rings is 2. The quantitative estimate of drug-likeness (QED) is 0.141. The number of hydrogen-bond acceptors (Lipinski definition) is 8. The lowest BCUT2D eigenvalue weighted by Crippen LogP contribution is -2.40. The Morgan fingerprint density at radius 2 is 1.66 bits per heavy atom. The molecule has 0 aromatic heterocycles. The number of aliphatic hydroxyl groups is 3. The van der Waals surface area contributed by atoms with Gasteiger partial charge in [0, 0.05) is 11.1 Å². The van der Waals surface area contributed by atoms with Crippen molar-refractivity contribution < 1.29 is 24.8 Å². The predicted octanol–water partition coefficient (Wildman–Crippen LogP) is 2.85. The number of hydrogen-bond donors (Lipinski definition) is 5. The Morgan fingerprint density at radius 3 is 2.23 bits per heavy atom. The van der Waals surface area contributed by atoms with Crippen LogP contribution in [0.5, 0.6) is 11.5 Å². The monoisotopic (exact) mass is 571 g/mol. The number of hydrazine groups is 1. The molecule has 194 valence electrons. The average Bonchev–Trinajstić information content (AvgIpc) is 2.85. The molecule has 10 heteroatoms. The molecular weight excluding hydrogens is 538 g/mol. The van der Waals surface area contributed by atoms with E-state index in [9.17, 15) is 10.2 Å². The lowest BCUT2D eigenvalue weighted by atomic mass is 9.78. The minimum Gasteiger partial charge on any atom is -0.491 e. The van der Waals surface area contributed by atoms with E-state index < -0.39 is 12.2 Å². The van der Waals surface area contributed by atoms with E-state index in [1.165, 1.54) is 5.01 Å². The summed E-state index contributed by atoms with van der Waals surface area (Å²) < 4.78 is 12.1. The third-order valence-electron chi connectivity index (χ3n) is 5.75. The van der Waals surface area contributed by atoms with Crippen LogP contribution in [0.1, 0.15) is 31.9 Å². The summed E-state index contributed by atoms with van der Waals surface area (Å²) in [6, 6.07) is 13.6. The number of rotatable bonds is 13. The number of nitrogens with zero attached hydrogens (tertiary/aromatic N) is 1. The summed E-state index contributed by atoms with van der Waals surface area (Å²) in [7, 11) is 0. The lowest BCUT2D eigenvalue weighted by Gasteiger charge is -2.27. The van der Waals surface area contributed by atoms with Crippen LogP contribution in [0.4, 0.5) is 0 Å². The Bertz CT molecular complexity index is 988. The largest absolute Gasteiger partial charge is 0.491 e. The molecule has 0 amide bonds. The summed E-state index contributed by atoms with van der Waals surface area (Å²) in [6.07, 6.45) is -1.57. The van der Waals surface area contributed by atoms with Crippen LogP contribution in [-0.2, 0) is 5.41 Å². The second-order valence-electron chi connectivity index (χ2n) is 8.80. The fourth-order valence-electron chi connectivity index (χ4n) is 3.28. The van der Waals surface area contributed by atoms with E-state index >= 15 is 0 Å². The zero-order valence-electron chi connectivity index (χ0n) is 20.2. The molecule has 35 heavy (non-hydrogen) atoms. The Kier molecular flexibility index (Phi) is 11.1. The highest BCUT2D eigenvalue weighted by atomic mass is 79.9. The van der Waals surface area contributed by atoms with Crippen molar-refractivity contribution in [1.29, 1.82) is 0 Å². The molecule has 0 aliphatic rings. The Morgan fingerprint density at radius 1 is 1.06 bits per heavy atom. The first-order chi connectivity index (χ1) is 16.5. The molecule has 0 bridgehead atoms. The van der Waals surface area contributed by atoms with E-state index in [2.05, 4.69) is 29.8 Å². The van der Waals surface area contributed by atoms with E-state index in [4.69, 9.17) is 37.8 Å². The number of allylic oxidation sites excluding steroid dienone is 1. The van der Waals surface area contributed by atoms with E-state index in [0.29, 0.717) is 17.2 Å². The molecule has 0 saturated heterocycles. The van der Waals surface area contributed by atoms with Crippen LogP contribution in [0, 0.1) is 0 Å². The van der Waals surface area contributed by atoms with E-state index in [-0.39, 0.29) is 43.4 Å². The molecular formula is C25H35BrClN3O5. The van der Waals surface area contributed by atoms with Crippen LogP contribution in [0.3, 0.4) is 0 Å². The molecule has 0 aliphatic heterocycles. The van der Waals surface area contributed by atoms with Gasteiger partial charge in [0.25, 0.3) is 0 Å². The van der Waals surface area contributed by atoms with Gasteiger partial charge in [0.05, 0.1) is 29.2 Å². The minimum absolute atomic E-state index is 0.0512. The minimum atomic E-state index is -0.846. The highest BCUT2D eigenvalue weighted by Crippen LogP contribution is 2.36. The van der Waals surface area contributed by atoms with Crippen LogP contribution in [0.2, 0.25) is 0 Å². The maximum absolute atomic E-state index is 10.2. The molecule has 2 atom stereocenters. The van der Waals surface area contributed by atoms with Crippen molar-refractivity contribution in [3.8, 4) is 11.5 Å². The average molecular weight is 573 g/mol. The van der Waals surface area contributed by atoms with Crippen LogP contribution >= 0.6 is 27.5 Å². The molecule has 0 spiro atoms. The van der Waals surface area contributed by atoms with Crippen molar-refractivity contribution in [2.45, 2.75) is 38.4 Å². The summed E-state index contributed by atoms with van der Waals surface area (Å²) >= 11 is 9.17. The van der Waals surface area contributed by atoms with Gasteiger partial charge in [0.2, 0.25) is 0 Å². The Hall–Kier alpha value is -2.01. The number of ether oxygens (including phenoxy) is 2. The third-order valence-corrected chi connectivity index (χ3v) is 6.73. The van der Waals surface area contributed by atoms with Crippen molar-refractivity contribution in [1.82, 2.24) is 5.01 Å². The Balaban J connectivity index is 2.00. The SMILES string of the molecule is C/C(=C(/N)CO)N(N)CC(O)COc1ccc(C(C)(C)c2ccc(OCC(O)CCl)c(Br)c2)cc1. The van der Waals surface area contributed by atoms with Gasteiger partial charge in [-0.05, 0) is 58.2 Å². The van der Waals surface area contributed by atoms with Crippen LogP contribution in [-0.4, -0.2) is 64.8 Å². The van der Waals surface area contributed by atoms with Crippen molar-refractivity contribution in [2.75, 3.05) is 32.2 Å². The number of nitrogens with two attached hydrogens (primary N) is 2. The number of halogens is 2. The maximum atomic E-state index is 10.2. The fourth-order valence-corrected chi connectivity index (χ4v) is 3.86. The van der Waals surface area contributed by atoms with Gasteiger partial charge in [-0.2, -0.15) is 0 Å². The first-order valence-corrected chi connectivity index (χ1v) is 12.5. The highest BCUT2D eigenvalue weighted by Gasteiger charge is 2.24. The van der Waals surface area contributed by atoms with Gasteiger partial charge in [-0.15, -0.1) is 11.6 Å². The predicted molar refractivity (Wildman–Crippen MR) is 141 cm³/mol. The van der Waals surface area contributed by atoms with Gasteiger partial charge in [-0.1, -0.05) is 32.0 Å². The molecule has 0 heterocycles.